The number of benzene rings is 1. The molecular weight excluding hydrogens is 239 g/mol. The number of halogens is 1. The highest BCUT2D eigenvalue weighted by Gasteiger charge is 2.24. The Morgan fingerprint density at radius 3 is 2.61 bits per heavy atom. The van der Waals surface area contributed by atoms with E-state index in [4.69, 9.17) is 0 Å². The second-order valence-electron chi connectivity index (χ2n) is 3.80. The normalized spacial score (nSPS) is 10.2. The van der Waals surface area contributed by atoms with Gasteiger partial charge in [-0.15, -0.1) is 0 Å². The molecule has 0 N–H and O–H groups in total. The van der Waals surface area contributed by atoms with E-state index in [9.17, 15) is 19.3 Å². The summed E-state index contributed by atoms with van der Waals surface area (Å²) in [5.41, 5.74) is -0.564. The molecule has 0 aromatic heterocycles. The molecule has 0 aliphatic rings. The van der Waals surface area contributed by atoms with Gasteiger partial charge in [0.25, 0.3) is 11.6 Å². The topological polar surface area (TPSA) is 63.5 Å². The first-order valence-electron chi connectivity index (χ1n) is 5.74. The van der Waals surface area contributed by atoms with Crippen LogP contribution in [0.2, 0.25) is 0 Å². The zero-order valence-electron chi connectivity index (χ0n) is 10.4. The van der Waals surface area contributed by atoms with E-state index >= 15 is 0 Å². The average Bonchev–Trinajstić information content (AvgIpc) is 2.34. The van der Waals surface area contributed by atoms with Gasteiger partial charge in [-0.25, -0.2) is 4.39 Å². The maximum absolute atomic E-state index is 13.1. The van der Waals surface area contributed by atoms with Crippen molar-refractivity contribution in [1.82, 2.24) is 4.90 Å². The summed E-state index contributed by atoms with van der Waals surface area (Å²) in [6, 6.07) is 2.91. The van der Waals surface area contributed by atoms with Crippen molar-refractivity contribution in [2.24, 2.45) is 0 Å². The van der Waals surface area contributed by atoms with E-state index in [1.165, 1.54) is 4.90 Å². The Morgan fingerprint density at radius 1 is 1.44 bits per heavy atom. The first-order valence-corrected chi connectivity index (χ1v) is 5.74. The minimum atomic E-state index is -0.674. The molecule has 0 radical (unpaired) electrons. The third-order valence-corrected chi connectivity index (χ3v) is 2.55. The van der Waals surface area contributed by atoms with Crippen molar-refractivity contribution in [2.75, 3.05) is 13.1 Å². The summed E-state index contributed by atoms with van der Waals surface area (Å²) in [6.45, 7) is 4.60. The summed E-state index contributed by atoms with van der Waals surface area (Å²) in [5, 5.41) is 10.8. The molecule has 1 rings (SSSR count). The number of carbonyl (C=O) groups excluding carboxylic acids is 1. The largest absolute Gasteiger partial charge is 0.339 e. The predicted molar refractivity (Wildman–Crippen MR) is 64.9 cm³/mol. The first-order chi connectivity index (χ1) is 8.51. The predicted octanol–water partition coefficient (Wildman–Crippen LogP) is 2.61. The van der Waals surface area contributed by atoms with Gasteiger partial charge in [0.05, 0.1) is 4.92 Å². The number of hydrogen-bond donors (Lipinski definition) is 0. The van der Waals surface area contributed by atoms with Crippen LogP contribution < -0.4 is 0 Å². The summed E-state index contributed by atoms with van der Waals surface area (Å²) in [7, 11) is 0. The lowest BCUT2D eigenvalue weighted by molar-refractivity contribution is -0.385. The van der Waals surface area contributed by atoms with E-state index in [2.05, 4.69) is 0 Å². The highest BCUT2D eigenvalue weighted by molar-refractivity contribution is 5.98. The van der Waals surface area contributed by atoms with E-state index in [1.54, 1.807) is 6.92 Å². The van der Waals surface area contributed by atoms with Crippen molar-refractivity contribution in [3.05, 3.63) is 39.7 Å². The smallest absolute Gasteiger partial charge is 0.282 e. The van der Waals surface area contributed by atoms with Gasteiger partial charge in [0.1, 0.15) is 11.4 Å². The number of rotatable bonds is 5. The Labute approximate surface area is 104 Å². The number of nitro groups is 1. The molecule has 18 heavy (non-hydrogen) atoms. The van der Waals surface area contributed by atoms with E-state index in [0.717, 1.165) is 24.6 Å². The van der Waals surface area contributed by atoms with Crippen molar-refractivity contribution < 1.29 is 14.1 Å². The lowest BCUT2D eigenvalue weighted by Crippen LogP contribution is -2.32. The fourth-order valence-corrected chi connectivity index (χ4v) is 1.68. The highest BCUT2D eigenvalue weighted by atomic mass is 19.1. The zero-order chi connectivity index (χ0) is 13.7. The van der Waals surface area contributed by atoms with Crippen LogP contribution in [0.1, 0.15) is 30.6 Å². The maximum atomic E-state index is 13.1. The van der Waals surface area contributed by atoms with Gasteiger partial charge in [0.2, 0.25) is 0 Å². The lowest BCUT2D eigenvalue weighted by atomic mass is 10.1. The molecule has 1 aromatic carbocycles. The fourth-order valence-electron chi connectivity index (χ4n) is 1.68. The average molecular weight is 254 g/mol. The van der Waals surface area contributed by atoms with E-state index in [-0.39, 0.29) is 11.3 Å². The Morgan fingerprint density at radius 2 is 2.11 bits per heavy atom. The molecule has 0 atom stereocenters. The monoisotopic (exact) mass is 254 g/mol. The Balaban J connectivity index is 3.17. The van der Waals surface area contributed by atoms with Crippen LogP contribution >= 0.6 is 0 Å². The number of nitrogens with zero attached hydrogens (tertiary/aromatic N) is 2. The molecule has 1 aromatic rings. The molecule has 98 valence electrons. The number of nitro benzene ring substituents is 1. The van der Waals surface area contributed by atoms with Crippen LogP contribution in [0.5, 0.6) is 0 Å². The summed E-state index contributed by atoms with van der Waals surface area (Å²) in [4.78, 5) is 23.7. The molecule has 0 spiro atoms. The Bertz CT molecular complexity index is 463. The second-order valence-corrected chi connectivity index (χ2v) is 3.80. The van der Waals surface area contributed by atoms with Gasteiger partial charge < -0.3 is 4.90 Å². The standard InChI is InChI=1S/C12H15FN2O3/c1-3-7-14(4-2)12(16)10-8-9(13)5-6-11(10)15(17)18/h5-6,8H,3-4,7H2,1-2H3. The highest BCUT2D eigenvalue weighted by Crippen LogP contribution is 2.21. The summed E-state index contributed by atoms with van der Waals surface area (Å²) in [5.74, 6) is -1.16. The first kappa shape index (κ1) is 14.1. The zero-order valence-corrected chi connectivity index (χ0v) is 10.4. The van der Waals surface area contributed by atoms with Crippen molar-refractivity contribution in [2.45, 2.75) is 20.3 Å². The minimum Gasteiger partial charge on any atom is -0.339 e. The molecule has 0 unspecified atom stereocenters. The van der Waals surface area contributed by atoms with E-state index in [0.29, 0.717) is 13.1 Å². The molecule has 0 saturated carbocycles. The third-order valence-electron chi connectivity index (χ3n) is 2.55. The van der Waals surface area contributed by atoms with Crippen molar-refractivity contribution in [3.63, 3.8) is 0 Å². The molecule has 1 amide bonds. The van der Waals surface area contributed by atoms with Crippen LogP contribution in [0, 0.1) is 15.9 Å². The summed E-state index contributed by atoms with van der Waals surface area (Å²) < 4.78 is 13.1. The van der Waals surface area contributed by atoms with Crippen LogP contribution in [0.25, 0.3) is 0 Å². The van der Waals surface area contributed by atoms with Crippen LogP contribution in [-0.4, -0.2) is 28.8 Å². The Kier molecular flexibility index (Phi) is 4.76. The molecule has 0 aliphatic carbocycles. The quantitative estimate of drug-likeness (QED) is 0.599. The van der Waals surface area contributed by atoms with E-state index in [1.807, 2.05) is 6.92 Å². The van der Waals surface area contributed by atoms with Gasteiger partial charge in [-0.3, -0.25) is 14.9 Å². The summed E-state index contributed by atoms with van der Waals surface area (Å²) >= 11 is 0. The Hall–Kier alpha value is -1.98. The van der Waals surface area contributed by atoms with Gasteiger partial charge in [-0.05, 0) is 25.5 Å². The molecular formula is C12H15FN2O3. The van der Waals surface area contributed by atoms with Crippen molar-refractivity contribution in [3.8, 4) is 0 Å². The molecule has 5 nitrogen and oxygen atoms in total. The fraction of sp³-hybridized carbons (Fsp3) is 0.417. The number of hydrogen-bond acceptors (Lipinski definition) is 3. The van der Waals surface area contributed by atoms with Crippen LogP contribution in [0.15, 0.2) is 18.2 Å². The van der Waals surface area contributed by atoms with Crippen LogP contribution in [0.3, 0.4) is 0 Å². The van der Waals surface area contributed by atoms with Crippen molar-refractivity contribution >= 4 is 11.6 Å². The second kappa shape index (κ2) is 6.09. The van der Waals surface area contributed by atoms with Gasteiger partial charge in [0.15, 0.2) is 0 Å². The molecule has 0 saturated heterocycles. The summed E-state index contributed by atoms with van der Waals surface area (Å²) in [6.07, 6.45) is 0.739. The van der Waals surface area contributed by atoms with Crippen molar-refractivity contribution in [1.29, 1.82) is 0 Å². The molecule has 0 aliphatic heterocycles. The number of carbonyl (C=O) groups is 1. The molecule has 0 heterocycles. The molecule has 6 heteroatoms. The van der Waals surface area contributed by atoms with Crippen LogP contribution in [0.4, 0.5) is 10.1 Å². The van der Waals surface area contributed by atoms with Crippen LogP contribution in [-0.2, 0) is 0 Å². The van der Waals surface area contributed by atoms with Gasteiger partial charge in [-0.1, -0.05) is 6.92 Å². The molecule has 0 bridgehead atoms. The maximum Gasteiger partial charge on any atom is 0.282 e. The minimum absolute atomic E-state index is 0.199. The van der Waals surface area contributed by atoms with Gasteiger partial charge in [-0.2, -0.15) is 0 Å². The van der Waals surface area contributed by atoms with Gasteiger partial charge >= 0.3 is 0 Å². The third kappa shape index (κ3) is 3.03. The SMILES string of the molecule is CCCN(CC)C(=O)c1cc(F)ccc1[N+](=O)[O-]. The lowest BCUT2D eigenvalue weighted by Gasteiger charge is -2.19. The molecule has 0 fully saturated rings. The van der Waals surface area contributed by atoms with Gasteiger partial charge in [0, 0.05) is 19.2 Å². The number of amides is 1. The van der Waals surface area contributed by atoms with E-state index < -0.39 is 16.6 Å².